The molecule has 3 N–H and O–H groups in total. The molecule has 3 nitrogen and oxygen atoms in total. The molecule has 1 heterocycles. The third-order valence-corrected chi connectivity index (χ3v) is 3.07. The van der Waals surface area contributed by atoms with Gasteiger partial charge in [-0.05, 0) is 18.4 Å². The highest BCUT2D eigenvalue weighted by atomic mass is 16.3. The topological polar surface area (TPSA) is 59.4 Å². The van der Waals surface area contributed by atoms with E-state index < -0.39 is 6.10 Å². The van der Waals surface area contributed by atoms with Crippen LogP contribution in [0.4, 0.5) is 0 Å². The SMILES string of the molecule is CC(C)c1oc2c(c1C(O)CN)CCC2. The number of furan rings is 1. The zero-order valence-corrected chi connectivity index (χ0v) is 9.42. The lowest BCUT2D eigenvalue weighted by Gasteiger charge is -2.12. The Hall–Kier alpha value is -0.800. The summed E-state index contributed by atoms with van der Waals surface area (Å²) < 4.78 is 5.83. The van der Waals surface area contributed by atoms with Gasteiger partial charge in [0.05, 0.1) is 6.10 Å². The van der Waals surface area contributed by atoms with Gasteiger partial charge < -0.3 is 15.3 Å². The van der Waals surface area contributed by atoms with Crippen LogP contribution in [0, 0.1) is 0 Å². The molecule has 0 bridgehead atoms. The van der Waals surface area contributed by atoms with Crippen LogP contribution in [0.15, 0.2) is 4.42 Å². The van der Waals surface area contributed by atoms with E-state index in [-0.39, 0.29) is 6.54 Å². The molecule has 1 aromatic heterocycles. The first-order valence-electron chi connectivity index (χ1n) is 5.67. The minimum absolute atomic E-state index is 0.270. The maximum absolute atomic E-state index is 9.93. The van der Waals surface area contributed by atoms with Gasteiger partial charge in [0.2, 0.25) is 0 Å². The van der Waals surface area contributed by atoms with E-state index >= 15 is 0 Å². The lowest BCUT2D eigenvalue weighted by molar-refractivity contribution is 0.182. The average molecular weight is 209 g/mol. The monoisotopic (exact) mass is 209 g/mol. The van der Waals surface area contributed by atoms with Crippen LogP contribution < -0.4 is 5.73 Å². The van der Waals surface area contributed by atoms with Crippen molar-refractivity contribution < 1.29 is 9.52 Å². The van der Waals surface area contributed by atoms with Gasteiger partial charge in [-0.25, -0.2) is 0 Å². The van der Waals surface area contributed by atoms with Crippen molar-refractivity contribution in [2.45, 2.75) is 45.1 Å². The second kappa shape index (κ2) is 3.99. The van der Waals surface area contributed by atoms with Crippen LogP contribution in [-0.2, 0) is 12.8 Å². The number of rotatable bonds is 3. The second-order valence-corrected chi connectivity index (χ2v) is 4.54. The summed E-state index contributed by atoms with van der Waals surface area (Å²) in [6, 6.07) is 0. The molecule has 3 heteroatoms. The molecule has 1 aliphatic carbocycles. The van der Waals surface area contributed by atoms with Crippen molar-refractivity contribution in [3.05, 3.63) is 22.6 Å². The molecule has 0 aliphatic heterocycles. The Morgan fingerprint density at radius 3 is 2.73 bits per heavy atom. The lowest BCUT2D eigenvalue weighted by atomic mass is 9.98. The Balaban J connectivity index is 2.47. The van der Waals surface area contributed by atoms with Gasteiger partial charge in [-0.15, -0.1) is 0 Å². The van der Waals surface area contributed by atoms with Crippen molar-refractivity contribution in [2.24, 2.45) is 5.73 Å². The number of hydrogen-bond acceptors (Lipinski definition) is 3. The van der Waals surface area contributed by atoms with Gasteiger partial charge in [0.25, 0.3) is 0 Å². The molecule has 1 aromatic rings. The Morgan fingerprint density at radius 1 is 1.40 bits per heavy atom. The second-order valence-electron chi connectivity index (χ2n) is 4.54. The molecule has 15 heavy (non-hydrogen) atoms. The van der Waals surface area contributed by atoms with Crippen LogP contribution in [-0.4, -0.2) is 11.7 Å². The quantitative estimate of drug-likeness (QED) is 0.799. The predicted octanol–water partition coefficient (Wildman–Crippen LogP) is 1.88. The molecule has 2 rings (SSSR count). The standard InChI is InChI=1S/C12H19NO2/c1-7(2)12-11(9(14)6-13)8-4-3-5-10(8)15-12/h7,9,14H,3-6,13H2,1-2H3. The third kappa shape index (κ3) is 1.70. The van der Waals surface area contributed by atoms with E-state index in [1.165, 1.54) is 5.56 Å². The van der Waals surface area contributed by atoms with Crippen molar-refractivity contribution >= 4 is 0 Å². The van der Waals surface area contributed by atoms with Gasteiger partial charge in [-0.1, -0.05) is 13.8 Å². The number of aliphatic hydroxyl groups excluding tert-OH is 1. The number of nitrogens with two attached hydrogens (primary N) is 1. The summed E-state index contributed by atoms with van der Waals surface area (Å²) in [6.45, 7) is 4.44. The summed E-state index contributed by atoms with van der Waals surface area (Å²) in [6.07, 6.45) is 2.61. The summed E-state index contributed by atoms with van der Waals surface area (Å²) in [5.74, 6) is 2.31. The summed E-state index contributed by atoms with van der Waals surface area (Å²) in [4.78, 5) is 0. The summed E-state index contributed by atoms with van der Waals surface area (Å²) >= 11 is 0. The molecule has 0 amide bonds. The van der Waals surface area contributed by atoms with Gasteiger partial charge in [0, 0.05) is 24.4 Å². The first kappa shape index (κ1) is 10.7. The minimum atomic E-state index is -0.562. The minimum Gasteiger partial charge on any atom is -0.465 e. The maximum Gasteiger partial charge on any atom is 0.112 e. The summed E-state index contributed by atoms with van der Waals surface area (Å²) in [5.41, 5.74) is 7.73. The summed E-state index contributed by atoms with van der Waals surface area (Å²) in [7, 11) is 0. The largest absolute Gasteiger partial charge is 0.465 e. The van der Waals surface area contributed by atoms with Crippen LogP contribution >= 0.6 is 0 Å². The molecule has 0 radical (unpaired) electrons. The van der Waals surface area contributed by atoms with Gasteiger partial charge in [0.1, 0.15) is 11.5 Å². The molecule has 0 saturated heterocycles. The van der Waals surface area contributed by atoms with Gasteiger partial charge in [0.15, 0.2) is 0 Å². The third-order valence-electron chi connectivity index (χ3n) is 3.07. The van der Waals surface area contributed by atoms with Gasteiger partial charge in [-0.2, -0.15) is 0 Å². The average Bonchev–Trinajstić information content (AvgIpc) is 2.74. The number of aryl methyl sites for hydroxylation is 1. The smallest absolute Gasteiger partial charge is 0.112 e. The van der Waals surface area contributed by atoms with Crippen molar-refractivity contribution in [2.75, 3.05) is 6.54 Å². The zero-order chi connectivity index (χ0) is 11.0. The van der Waals surface area contributed by atoms with Crippen molar-refractivity contribution in [3.63, 3.8) is 0 Å². The van der Waals surface area contributed by atoms with Crippen LogP contribution in [0.1, 0.15) is 54.9 Å². The fourth-order valence-electron chi connectivity index (χ4n) is 2.36. The Kier molecular flexibility index (Phi) is 2.85. The molecular weight excluding hydrogens is 190 g/mol. The highest BCUT2D eigenvalue weighted by Crippen LogP contribution is 2.37. The van der Waals surface area contributed by atoms with Crippen LogP contribution in [0.25, 0.3) is 0 Å². The van der Waals surface area contributed by atoms with E-state index in [0.717, 1.165) is 36.3 Å². The van der Waals surface area contributed by atoms with E-state index in [1.54, 1.807) is 0 Å². The molecule has 0 saturated carbocycles. The molecule has 1 atom stereocenters. The molecular formula is C12H19NO2. The molecule has 0 aromatic carbocycles. The van der Waals surface area contributed by atoms with E-state index in [4.69, 9.17) is 10.2 Å². The first-order valence-corrected chi connectivity index (χ1v) is 5.67. The first-order chi connectivity index (χ1) is 7.15. The fraction of sp³-hybridized carbons (Fsp3) is 0.667. The van der Waals surface area contributed by atoms with Crippen LogP contribution in [0.2, 0.25) is 0 Å². The van der Waals surface area contributed by atoms with Crippen molar-refractivity contribution in [1.82, 2.24) is 0 Å². The summed E-state index contributed by atoms with van der Waals surface area (Å²) in [5, 5.41) is 9.93. The van der Waals surface area contributed by atoms with E-state index in [9.17, 15) is 5.11 Å². The van der Waals surface area contributed by atoms with E-state index in [0.29, 0.717) is 5.92 Å². The molecule has 1 aliphatic rings. The van der Waals surface area contributed by atoms with Crippen LogP contribution in [0.3, 0.4) is 0 Å². The lowest BCUT2D eigenvalue weighted by Crippen LogP contribution is -2.14. The van der Waals surface area contributed by atoms with E-state index in [2.05, 4.69) is 13.8 Å². The number of fused-ring (bicyclic) bond motifs is 1. The highest BCUT2D eigenvalue weighted by molar-refractivity contribution is 5.39. The predicted molar refractivity (Wildman–Crippen MR) is 58.8 cm³/mol. The van der Waals surface area contributed by atoms with Crippen molar-refractivity contribution in [1.29, 1.82) is 0 Å². The molecule has 1 unspecified atom stereocenters. The molecule has 84 valence electrons. The fourth-order valence-corrected chi connectivity index (χ4v) is 2.36. The van der Waals surface area contributed by atoms with Gasteiger partial charge >= 0.3 is 0 Å². The molecule has 0 fully saturated rings. The zero-order valence-electron chi connectivity index (χ0n) is 9.42. The highest BCUT2D eigenvalue weighted by Gasteiger charge is 2.28. The number of hydrogen-bond donors (Lipinski definition) is 2. The number of aliphatic hydroxyl groups is 1. The molecule has 0 spiro atoms. The Bertz CT molecular complexity index is 355. The maximum atomic E-state index is 9.93. The van der Waals surface area contributed by atoms with E-state index in [1.807, 2.05) is 0 Å². The Labute approximate surface area is 90.3 Å². The van der Waals surface area contributed by atoms with Crippen molar-refractivity contribution in [3.8, 4) is 0 Å². The normalized spacial score (nSPS) is 17.1. The van der Waals surface area contributed by atoms with Crippen LogP contribution in [0.5, 0.6) is 0 Å². The Morgan fingerprint density at radius 2 is 2.13 bits per heavy atom. The van der Waals surface area contributed by atoms with Gasteiger partial charge in [-0.3, -0.25) is 0 Å².